The van der Waals surface area contributed by atoms with E-state index in [-0.39, 0.29) is 0 Å². The Hall–Kier alpha value is -1.96. The van der Waals surface area contributed by atoms with Gasteiger partial charge >= 0.3 is 0 Å². The Kier molecular flexibility index (Phi) is 4.69. The van der Waals surface area contributed by atoms with Crippen LogP contribution in [0.5, 0.6) is 0 Å². The number of ether oxygens (including phenoxy) is 1. The molecule has 26 heavy (non-hydrogen) atoms. The van der Waals surface area contributed by atoms with Crippen molar-refractivity contribution in [2.45, 2.75) is 19.4 Å². The molecule has 0 saturated carbocycles. The van der Waals surface area contributed by atoms with Gasteiger partial charge in [0.25, 0.3) is 0 Å². The number of anilines is 1. The summed E-state index contributed by atoms with van der Waals surface area (Å²) >= 11 is 0. The number of aromatic nitrogens is 2. The molecule has 3 heterocycles. The molecular weight excluding hydrogens is 332 g/mol. The standard InChI is InChI=1S/C19H26N4O3/c1-19(2,24)4-3-14-9-16-18(21-26-20-16)17(10-14)23-12-15(13-23)11-22-5-7-25-8-6-22/h3-4,9-10,15,24H,5-8,11-13H2,1-2H3/b4-3+. The predicted molar refractivity (Wildman–Crippen MR) is 100 cm³/mol. The molecule has 2 aliphatic rings. The summed E-state index contributed by atoms with van der Waals surface area (Å²) in [5.41, 5.74) is 2.74. The van der Waals surface area contributed by atoms with Gasteiger partial charge in [-0.3, -0.25) is 4.90 Å². The van der Waals surface area contributed by atoms with Gasteiger partial charge in [-0.25, -0.2) is 4.63 Å². The lowest BCUT2D eigenvalue weighted by Crippen LogP contribution is -2.53. The van der Waals surface area contributed by atoms with Gasteiger partial charge in [-0.1, -0.05) is 12.2 Å². The van der Waals surface area contributed by atoms with Crippen molar-refractivity contribution in [1.29, 1.82) is 0 Å². The van der Waals surface area contributed by atoms with Crippen LogP contribution in [0.2, 0.25) is 0 Å². The largest absolute Gasteiger partial charge is 0.386 e. The molecule has 0 aliphatic carbocycles. The topological polar surface area (TPSA) is 74.9 Å². The van der Waals surface area contributed by atoms with Crippen molar-refractivity contribution in [3.63, 3.8) is 0 Å². The predicted octanol–water partition coefficient (Wildman–Crippen LogP) is 1.78. The zero-order valence-corrected chi connectivity index (χ0v) is 15.4. The van der Waals surface area contributed by atoms with Crippen LogP contribution in [0.1, 0.15) is 19.4 Å². The quantitative estimate of drug-likeness (QED) is 0.873. The number of morpholine rings is 1. The number of aliphatic hydroxyl groups is 1. The molecule has 1 N–H and O–H groups in total. The maximum Gasteiger partial charge on any atom is 0.158 e. The summed E-state index contributed by atoms with van der Waals surface area (Å²) in [6.07, 6.45) is 3.70. The van der Waals surface area contributed by atoms with E-state index in [1.54, 1.807) is 19.9 Å². The molecule has 0 radical (unpaired) electrons. The molecule has 0 spiro atoms. The molecule has 2 aromatic rings. The normalized spacial score (nSPS) is 20.2. The van der Waals surface area contributed by atoms with Crippen molar-refractivity contribution in [1.82, 2.24) is 15.2 Å². The second-order valence-electron chi connectivity index (χ2n) is 7.84. The van der Waals surface area contributed by atoms with E-state index in [0.29, 0.717) is 5.92 Å². The fraction of sp³-hybridized carbons (Fsp3) is 0.579. The Morgan fingerprint density at radius 1 is 1.23 bits per heavy atom. The maximum absolute atomic E-state index is 9.92. The zero-order valence-electron chi connectivity index (χ0n) is 15.4. The summed E-state index contributed by atoms with van der Waals surface area (Å²) in [7, 11) is 0. The lowest BCUT2D eigenvalue weighted by molar-refractivity contribution is 0.0286. The third-order valence-corrected chi connectivity index (χ3v) is 4.96. The highest BCUT2D eigenvalue weighted by Gasteiger charge is 2.31. The van der Waals surface area contributed by atoms with Crippen molar-refractivity contribution in [3.8, 4) is 0 Å². The summed E-state index contributed by atoms with van der Waals surface area (Å²) in [4.78, 5) is 4.82. The fourth-order valence-corrected chi connectivity index (χ4v) is 3.56. The first-order chi connectivity index (χ1) is 12.5. The van der Waals surface area contributed by atoms with E-state index in [2.05, 4.69) is 26.2 Å². The summed E-state index contributed by atoms with van der Waals surface area (Å²) in [5.74, 6) is 0.665. The van der Waals surface area contributed by atoms with Gasteiger partial charge < -0.3 is 14.7 Å². The van der Waals surface area contributed by atoms with Gasteiger partial charge in [-0.05, 0) is 41.9 Å². The molecule has 2 fully saturated rings. The van der Waals surface area contributed by atoms with E-state index >= 15 is 0 Å². The Balaban J connectivity index is 1.48. The average molecular weight is 358 g/mol. The number of benzene rings is 1. The Bertz CT molecular complexity index is 784. The van der Waals surface area contributed by atoms with Crippen molar-refractivity contribution < 1.29 is 14.5 Å². The summed E-state index contributed by atoms with van der Waals surface area (Å²) in [6, 6.07) is 4.03. The average Bonchev–Trinajstić information content (AvgIpc) is 3.04. The van der Waals surface area contributed by atoms with Crippen LogP contribution < -0.4 is 4.90 Å². The minimum atomic E-state index is -0.850. The first kappa shape index (κ1) is 17.5. The first-order valence-electron chi connectivity index (χ1n) is 9.21. The molecule has 0 amide bonds. The smallest absolute Gasteiger partial charge is 0.158 e. The third-order valence-electron chi connectivity index (χ3n) is 4.96. The highest BCUT2D eigenvalue weighted by Crippen LogP contribution is 2.32. The molecule has 0 unspecified atom stereocenters. The van der Waals surface area contributed by atoms with E-state index in [1.165, 1.54) is 0 Å². The molecule has 1 aromatic carbocycles. The Labute approximate surface area is 153 Å². The lowest BCUT2D eigenvalue weighted by Gasteiger charge is -2.43. The van der Waals surface area contributed by atoms with E-state index in [1.807, 2.05) is 12.1 Å². The van der Waals surface area contributed by atoms with Gasteiger partial charge in [0.15, 0.2) is 5.52 Å². The molecule has 2 saturated heterocycles. The monoisotopic (exact) mass is 358 g/mol. The number of hydrogen-bond acceptors (Lipinski definition) is 7. The van der Waals surface area contributed by atoms with Crippen LogP contribution in [-0.2, 0) is 4.74 Å². The second-order valence-corrected chi connectivity index (χ2v) is 7.84. The molecule has 7 nitrogen and oxygen atoms in total. The number of fused-ring (bicyclic) bond motifs is 1. The summed E-state index contributed by atoms with van der Waals surface area (Å²) in [5, 5.41) is 18.0. The molecule has 1 aromatic heterocycles. The number of hydrogen-bond donors (Lipinski definition) is 1. The van der Waals surface area contributed by atoms with E-state index in [4.69, 9.17) is 9.37 Å². The highest BCUT2D eigenvalue weighted by molar-refractivity contribution is 5.90. The zero-order chi connectivity index (χ0) is 18.1. The van der Waals surface area contributed by atoms with E-state index in [9.17, 15) is 5.11 Å². The first-order valence-corrected chi connectivity index (χ1v) is 9.21. The van der Waals surface area contributed by atoms with Crippen molar-refractivity contribution >= 4 is 22.8 Å². The molecule has 0 bridgehead atoms. The van der Waals surface area contributed by atoms with E-state index < -0.39 is 5.60 Å². The van der Waals surface area contributed by atoms with Gasteiger partial charge in [0.05, 0.1) is 24.5 Å². The van der Waals surface area contributed by atoms with Crippen LogP contribution in [0.25, 0.3) is 17.1 Å². The molecule has 7 heteroatoms. The van der Waals surface area contributed by atoms with Crippen LogP contribution in [0.4, 0.5) is 5.69 Å². The van der Waals surface area contributed by atoms with Crippen molar-refractivity contribution in [2.75, 3.05) is 50.8 Å². The molecule has 140 valence electrons. The molecule has 4 rings (SSSR count). The molecule has 0 atom stereocenters. The van der Waals surface area contributed by atoms with Crippen molar-refractivity contribution in [2.24, 2.45) is 5.92 Å². The van der Waals surface area contributed by atoms with Crippen LogP contribution in [0, 0.1) is 5.92 Å². The van der Waals surface area contributed by atoms with Gasteiger partial charge in [-0.15, -0.1) is 0 Å². The van der Waals surface area contributed by atoms with Gasteiger partial charge in [0, 0.05) is 38.6 Å². The minimum absolute atomic E-state index is 0.665. The summed E-state index contributed by atoms with van der Waals surface area (Å²) < 4.78 is 10.4. The number of rotatable bonds is 5. The minimum Gasteiger partial charge on any atom is -0.386 e. The lowest BCUT2D eigenvalue weighted by atomic mass is 9.97. The van der Waals surface area contributed by atoms with Crippen LogP contribution in [-0.4, -0.2) is 71.9 Å². The molecule has 2 aliphatic heterocycles. The van der Waals surface area contributed by atoms with E-state index in [0.717, 1.165) is 68.2 Å². The van der Waals surface area contributed by atoms with Gasteiger partial charge in [0.1, 0.15) is 5.52 Å². The third kappa shape index (κ3) is 3.90. The molecular formula is C19H26N4O3. The van der Waals surface area contributed by atoms with Crippen LogP contribution in [0.3, 0.4) is 0 Å². The highest BCUT2D eigenvalue weighted by atomic mass is 16.6. The van der Waals surface area contributed by atoms with Crippen molar-refractivity contribution in [3.05, 3.63) is 23.8 Å². The van der Waals surface area contributed by atoms with Gasteiger partial charge in [0.2, 0.25) is 0 Å². The maximum atomic E-state index is 9.92. The van der Waals surface area contributed by atoms with Crippen LogP contribution >= 0.6 is 0 Å². The second kappa shape index (κ2) is 6.98. The Morgan fingerprint density at radius 2 is 2.00 bits per heavy atom. The summed E-state index contributed by atoms with van der Waals surface area (Å²) in [6.45, 7) is 10.4. The SMILES string of the molecule is CC(C)(O)/C=C/c1cc(N2CC(CN3CCOCC3)C2)c2nonc2c1. The fourth-order valence-electron chi connectivity index (χ4n) is 3.56. The Morgan fingerprint density at radius 3 is 2.73 bits per heavy atom. The van der Waals surface area contributed by atoms with Crippen LogP contribution in [0.15, 0.2) is 22.8 Å². The number of nitrogens with zero attached hydrogens (tertiary/aromatic N) is 4. The van der Waals surface area contributed by atoms with Gasteiger partial charge in [-0.2, -0.15) is 0 Å².